The Balaban J connectivity index is 2.54. The normalized spacial score (nSPS) is 15.1. The van der Waals surface area contributed by atoms with Crippen LogP contribution in [-0.2, 0) is 6.42 Å². The molecule has 3 heteroatoms. The van der Waals surface area contributed by atoms with E-state index >= 15 is 0 Å². The Morgan fingerprint density at radius 3 is 2.71 bits per heavy atom. The number of hydrogen-bond acceptors (Lipinski definition) is 2. The average molecular weight is 215 g/mol. The van der Waals surface area contributed by atoms with Gasteiger partial charge in [-0.2, -0.15) is 0 Å². The molecule has 0 spiro atoms. The van der Waals surface area contributed by atoms with Gasteiger partial charge in [-0.1, -0.05) is 23.7 Å². The highest BCUT2D eigenvalue weighted by Crippen LogP contribution is 2.16. The van der Waals surface area contributed by atoms with Crippen LogP contribution in [0.25, 0.3) is 0 Å². The smallest absolute Gasteiger partial charge is 0.0852 e. The van der Waals surface area contributed by atoms with Gasteiger partial charge in [-0.05, 0) is 37.5 Å². The van der Waals surface area contributed by atoms with Crippen LogP contribution in [0.4, 0.5) is 0 Å². The van der Waals surface area contributed by atoms with E-state index in [1.807, 2.05) is 24.3 Å². The molecule has 78 valence electrons. The van der Waals surface area contributed by atoms with Crippen LogP contribution >= 0.6 is 11.6 Å². The zero-order valence-corrected chi connectivity index (χ0v) is 8.96. The Labute approximate surface area is 89.1 Å². The summed E-state index contributed by atoms with van der Waals surface area (Å²) in [7, 11) is 0. The lowest BCUT2D eigenvalue weighted by atomic mass is 9.98. The Morgan fingerprint density at radius 2 is 2.14 bits per heavy atom. The largest absolute Gasteiger partial charge is 0.393 e. The van der Waals surface area contributed by atoms with Crippen LogP contribution < -0.4 is 0 Å². The highest BCUT2D eigenvalue weighted by atomic mass is 35.5. The molecular formula is C11H15ClO2. The molecule has 1 aromatic carbocycles. The van der Waals surface area contributed by atoms with Gasteiger partial charge in [0.1, 0.15) is 0 Å². The molecule has 2 nitrogen and oxygen atoms in total. The Kier molecular flexibility index (Phi) is 3.93. The summed E-state index contributed by atoms with van der Waals surface area (Å²) in [6.45, 7) is 1.41. The average Bonchev–Trinajstić information content (AvgIpc) is 2.15. The molecule has 0 bridgehead atoms. The first-order chi connectivity index (χ1) is 6.53. The van der Waals surface area contributed by atoms with Gasteiger partial charge in [0.2, 0.25) is 0 Å². The maximum atomic E-state index is 9.57. The molecule has 0 aromatic heterocycles. The zero-order valence-electron chi connectivity index (χ0n) is 8.20. The maximum Gasteiger partial charge on any atom is 0.0852 e. The quantitative estimate of drug-likeness (QED) is 0.805. The van der Waals surface area contributed by atoms with Gasteiger partial charge in [0.15, 0.2) is 0 Å². The summed E-state index contributed by atoms with van der Waals surface area (Å²) in [6.07, 6.45) is 1.25. The van der Waals surface area contributed by atoms with E-state index in [0.717, 1.165) is 5.56 Å². The molecule has 0 radical (unpaired) electrons. The van der Waals surface area contributed by atoms with Crippen LogP contribution in [0.15, 0.2) is 24.3 Å². The van der Waals surface area contributed by atoms with Crippen molar-refractivity contribution in [2.24, 2.45) is 0 Å². The van der Waals surface area contributed by atoms with Crippen LogP contribution in [0.5, 0.6) is 0 Å². The van der Waals surface area contributed by atoms with Crippen molar-refractivity contribution < 1.29 is 10.2 Å². The summed E-state index contributed by atoms with van der Waals surface area (Å²) < 4.78 is 0. The van der Waals surface area contributed by atoms with Crippen molar-refractivity contribution in [2.45, 2.75) is 25.4 Å². The summed E-state index contributed by atoms with van der Waals surface area (Å²) >= 11 is 5.82. The number of hydrogen-bond donors (Lipinski definition) is 2. The summed E-state index contributed by atoms with van der Waals surface area (Å²) in [5.41, 5.74) is 0.0775. The fourth-order valence-electron chi connectivity index (χ4n) is 1.19. The highest BCUT2D eigenvalue weighted by Gasteiger charge is 2.18. The molecule has 0 aliphatic carbocycles. The molecule has 0 heterocycles. The van der Waals surface area contributed by atoms with Gasteiger partial charge in [-0.3, -0.25) is 0 Å². The fourth-order valence-corrected chi connectivity index (χ4v) is 1.40. The van der Waals surface area contributed by atoms with Crippen molar-refractivity contribution >= 4 is 11.6 Å². The van der Waals surface area contributed by atoms with E-state index in [9.17, 15) is 5.11 Å². The molecular weight excluding hydrogens is 200 g/mol. The minimum absolute atomic E-state index is 0.215. The highest BCUT2D eigenvalue weighted by molar-refractivity contribution is 6.30. The van der Waals surface area contributed by atoms with E-state index in [2.05, 4.69) is 0 Å². The van der Waals surface area contributed by atoms with Gasteiger partial charge in [-0.25, -0.2) is 0 Å². The molecule has 1 unspecified atom stereocenters. The van der Waals surface area contributed by atoms with E-state index in [-0.39, 0.29) is 6.61 Å². The van der Waals surface area contributed by atoms with Crippen LogP contribution in [0.3, 0.4) is 0 Å². The first kappa shape index (κ1) is 11.5. The third-order valence-corrected chi connectivity index (χ3v) is 2.42. The van der Waals surface area contributed by atoms with Crippen LogP contribution in [0.1, 0.15) is 18.9 Å². The number of halogens is 1. The van der Waals surface area contributed by atoms with Gasteiger partial charge in [0.05, 0.1) is 12.2 Å². The second-order valence-electron chi connectivity index (χ2n) is 3.78. The second kappa shape index (κ2) is 4.78. The molecule has 1 atom stereocenters. The van der Waals surface area contributed by atoms with Crippen LogP contribution in [0, 0.1) is 0 Å². The lowest BCUT2D eigenvalue weighted by molar-refractivity contribution is -0.00474. The lowest BCUT2D eigenvalue weighted by Gasteiger charge is -2.19. The van der Waals surface area contributed by atoms with Crippen molar-refractivity contribution in [3.63, 3.8) is 0 Å². The predicted octanol–water partition coefficient (Wildman–Crippen LogP) is 2.02. The molecule has 0 saturated carbocycles. The van der Waals surface area contributed by atoms with Crippen molar-refractivity contribution in [1.82, 2.24) is 0 Å². The van der Waals surface area contributed by atoms with Crippen LogP contribution in [-0.4, -0.2) is 22.4 Å². The van der Waals surface area contributed by atoms with Gasteiger partial charge in [-0.15, -0.1) is 0 Å². The van der Waals surface area contributed by atoms with E-state index in [0.29, 0.717) is 17.9 Å². The Bertz CT molecular complexity index is 297. The zero-order chi connectivity index (χ0) is 10.6. The minimum atomic E-state index is -0.998. The topological polar surface area (TPSA) is 40.5 Å². The third-order valence-electron chi connectivity index (χ3n) is 2.18. The summed E-state index contributed by atoms with van der Waals surface area (Å²) in [6, 6.07) is 7.52. The monoisotopic (exact) mass is 214 g/mol. The lowest BCUT2D eigenvalue weighted by Crippen LogP contribution is -2.29. The van der Waals surface area contributed by atoms with E-state index < -0.39 is 5.60 Å². The van der Waals surface area contributed by atoms with Crippen molar-refractivity contribution in [2.75, 3.05) is 6.61 Å². The molecule has 2 N–H and O–H groups in total. The van der Waals surface area contributed by atoms with Crippen molar-refractivity contribution in [3.05, 3.63) is 34.9 Å². The number of aliphatic hydroxyl groups is 2. The summed E-state index contributed by atoms with van der Waals surface area (Å²) in [5, 5.41) is 19.1. The summed E-state index contributed by atoms with van der Waals surface area (Å²) in [5.74, 6) is 0. The third kappa shape index (κ3) is 3.66. The SMILES string of the molecule is CC(O)(CO)CCc1cccc(Cl)c1. The molecule has 0 aliphatic heterocycles. The molecule has 0 aliphatic rings. The van der Waals surface area contributed by atoms with E-state index in [1.54, 1.807) is 6.92 Å². The number of aliphatic hydroxyl groups excluding tert-OH is 1. The van der Waals surface area contributed by atoms with Gasteiger partial charge in [0.25, 0.3) is 0 Å². The second-order valence-corrected chi connectivity index (χ2v) is 4.22. The number of rotatable bonds is 4. The van der Waals surface area contributed by atoms with E-state index in [1.165, 1.54) is 0 Å². The van der Waals surface area contributed by atoms with E-state index in [4.69, 9.17) is 16.7 Å². The molecule has 1 aromatic rings. The first-order valence-electron chi connectivity index (χ1n) is 4.61. The maximum absolute atomic E-state index is 9.57. The fraction of sp³-hybridized carbons (Fsp3) is 0.455. The first-order valence-corrected chi connectivity index (χ1v) is 4.99. The molecule has 0 amide bonds. The molecule has 14 heavy (non-hydrogen) atoms. The summed E-state index contributed by atoms with van der Waals surface area (Å²) in [4.78, 5) is 0. The predicted molar refractivity (Wildman–Crippen MR) is 57.5 cm³/mol. The number of aryl methyl sites for hydroxylation is 1. The van der Waals surface area contributed by atoms with Gasteiger partial charge < -0.3 is 10.2 Å². The minimum Gasteiger partial charge on any atom is -0.393 e. The standard InChI is InChI=1S/C11H15ClO2/c1-11(14,8-13)6-5-9-3-2-4-10(12)7-9/h2-4,7,13-14H,5-6,8H2,1H3. The van der Waals surface area contributed by atoms with Gasteiger partial charge >= 0.3 is 0 Å². The van der Waals surface area contributed by atoms with Gasteiger partial charge in [0, 0.05) is 5.02 Å². The molecule has 1 rings (SSSR count). The van der Waals surface area contributed by atoms with Crippen molar-refractivity contribution in [3.8, 4) is 0 Å². The number of benzene rings is 1. The Hall–Kier alpha value is -0.570. The molecule has 0 saturated heterocycles. The van der Waals surface area contributed by atoms with Crippen LogP contribution in [0.2, 0.25) is 5.02 Å². The molecule has 0 fully saturated rings. The Morgan fingerprint density at radius 1 is 1.43 bits per heavy atom. The van der Waals surface area contributed by atoms with Crippen molar-refractivity contribution in [1.29, 1.82) is 0 Å².